The van der Waals surface area contributed by atoms with Gasteiger partial charge in [0.25, 0.3) is 11.8 Å². The van der Waals surface area contributed by atoms with Gasteiger partial charge in [-0.2, -0.15) is 5.10 Å². The van der Waals surface area contributed by atoms with Gasteiger partial charge in [-0.05, 0) is 19.1 Å². The molecule has 1 aromatic heterocycles. The monoisotopic (exact) mass is 340 g/mol. The van der Waals surface area contributed by atoms with Gasteiger partial charge >= 0.3 is 0 Å². The van der Waals surface area contributed by atoms with Gasteiger partial charge in [0.1, 0.15) is 11.5 Å². The number of carbonyl (C=O) groups is 1. The van der Waals surface area contributed by atoms with Crippen LogP contribution in [0.25, 0.3) is 5.69 Å². The van der Waals surface area contributed by atoms with Gasteiger partial charge < -0.3 is 11.1 Å². The van der Waals surface area contributed by atoms with Crippen LogP contribution in [0.15, 0.2) is 35.1 Å². The fourth-order valence-corrected chi connectivity index (χ4v) is 1.94. The first-order valence-corrected chi connectivity index (χ1v) is 6.97. The molecule has 0 fully saturated rings. The number of nitrogens with one attached hydrogen (secondary N) is 1. The maximum atomic E-state index is 13.9. The summed E-state index contributed by atoms with van der Waals surface area (Å²) in [6, 6.07) is 6.70. The Balaban J connectivity index is 2.39. The molecule has 0 saturated heterocycles. The molecule has 1 heterocycles. The van der Waals surface area contributed by atoms with Crippen LogP contribution >= 0.6 is 0 Å². The van der Waals surface area contributed by atoms with Crippen molar-refractivity contribution in [1.82, 2.24) is 15.1 Å². The maximum Gasteiger partial charge on any atom is 0.277 e. The van der Waals surface area contributed by atoms with Crippen LogP contribution in [0.3, 0.4) is 0 Å². The zero-order valence-electron chi connectivity index (χ0n) is 12.7. The molecule has 6 nitrogen and oxygen atoms in total. The van der Waals surface area contributed by atoms with Crippen LogP contribution < -0.4 is 16.5 Å². The molecule has 24 heavy (non-hydrogen) atoms. The van der Waals surface area contributed by atoms with E-state index in [1.807, 2.05) is 5.32 Å². The maximum absolute atomic E-state index is 13.9. The second kappa shape index (κ2) is 6.83. The number of halogens is 3. The highest BCUT2D eigenvalue weighted by Crippen LogP contribution is 2.13. The molecule has 2 aromatic rings. The number of alkyl halides is 2. The van der Waals surface area contributed by atoms with Crippen molar-refractivity contribution in [3.05, 3.63) is 57.8 Å². The van der Waals surface area contributed by atoms with Gasteiger partial charge in [-0.25, -0.2) is 17.9 Å². The highest BCUT2D eigenvalue weighted by molar-refractivity contribution is 5.92. The third-order valence-corrected chi connectivity index (χ3v) is 3.21. The number of para-hydroxylation sites is 1. The van der Waals surface area contributed by atoms with E-state index in [0.29, 0.717) is 0 Å². The largest absolute Gasteiger partial charge is 0.344 e. The Bertz CT molecular complexity index is 821. The number of rotatable bonds is 5. The van der Waals surface area contributed by atoms with Crippen molar-refractivity contribution in [2.24, 2.45) is 5.73 Å². The molecule has 0 aliphatic heterocycles. The van der Waals surface area contributed by atoms with Gasteiger partial charge in [0.2, 0.25) is 5.43 Å². The second-order valence-electron chi connectivity index (χ2n) is 5.10. The molecule has 0 radical (unpaired) electrons. The third kappa shape index (κ3) is 3.80. The molecular formula is C15H15F3N4O2. The molecule has 0 saturated carbocycles. The quantitative estimate of drug-likeness (QED) is 0.850. The van der Waals surface area contributed by atoms with Crippen molar-refractivity contribution in [2.75, 3.05) is 13.1 Å². The molecule has 0 atom stereocenters. The van der Waals surface area contributed by atoms with E-state index in [9.17, 15) is 22.8 Å². The average Bonchev–Trinajstić information content (AvgIpc) is 2.54. The van der Waals surface area contributed by atoms with Crippen molar-refractivity contribution in [3.63, 3.8) is 0 Å². The number of amides is 1. The van der Waals surface area contributed by atoms with Crippen LogP contribution in [-0.2, 0) is 0 Å². The fraction of sp³-hybridized carbons (Fsp3) is 0.267. The number of aryl methyl sites for hydroxylation is 1. The standard InChI is InChI=1S/C15H15F3N4O2/c1-9-6-12(23)13(14(24)20-8-15(17,18)7-19)21-22(9)11-5-3-2-4-10(11)16/h2-6H,7-8,19H2,1H3,(H,20,24). The molecule has 0 bridgehead atoms. The van der Waals surface area contributed by atoms with Gasteiger partial charge in [-0.15, -0.1) is 0 Å². The molecular weight excluding hydrogens is 325 g/mol. The van der Waals surface area contributed by atoms with E-state index < -0.39 is 41.9 Å². The number of aromatic nitrogens is 2. The normalized spacial score (nSPS) is 11.4. The Morgan fingerprint density at radius 1 is 1.38 bits per heavy atom. The lowest BCUT2D eigenvalue weighted by molar-refractivity contribution is 0.0118. The SMILES string of the molecule is Cc1cc(=O)c(C(=O)NCC(F)(F)CN)nn1-c1ccccc1F. The van der Waals surface area contributed by atoms with Crippen molar-refractivity contribution in [3.8, 4) is 5.69 Å². The fourth-order valence-electron chi connectivity index (χ4n) is 1.94. The Kier molecular flexibility index (Phi) is 5.03. The lowest BCUT2D eigenvalue weighted by atomic mass is 10.2. The third-order valence-electron chi connectivity index (χ3n) is 3.21. The lowest BCUT2D eigenvalue weighted by Crippen LogP contribution is -2.43. The molecule has 1 aromatic carbocycles. The summed E-state index contributed by atoms with van der Waals surface area (Å²) in [4.78, 5) is 23.9. The predicted molar refractivity (Wildman–Crippen MR) is 80.9 cm³/mol. The van der Waals surface area contributed by atoms with Crippen LogP contribution in [0.4, 0.5) is 13.2 Å². The van der Waals surface area contributed by atoms with Crippen LogP contribution in [0.2, 0.25) is 0 Å². The van der Waals surface area contributed by atoms with E-state index in [1.54, 1.807) is 6.07 Å². The summed E-state index contributed by atoms with van der Waals surface area (Å²) in [5.41, 5.74) is 3.81. The first kappa shape index (κ1) is 17.7. The van der Waals surface area contributed by atoms with Crippen LogP contribution in [-0.4, -0.2) is 34.7 Å². The van der Waals surface area contributed by atoms with Gasteiger partial charge in [0, 0.05) is 11.8 Å². The number of hydrogen-bond acceptors (Lipinski definition) is 4. The Morgan fingerprint density at radius 2 is 2.04 bits per heavy atom. The molecule has 128 valence electrons. The minimum atomic E-state index is -3.30. The van der Waals surface area contributed by atoms with Gasteiger partial charge in [-0.1, -0.05) is 12.1 Å². The van der Waals surface area contributed by atoms with Crippen molar-refractivity contribution >= 4 is 5.91 Å². The summed E-state index contributed by atoms with van der Waals surface area (Å²) in [6.45, 7) is -0.476. The Hall–Kier alpha value is -2.68. The zero-order chi connectivity index (χ0) is 17.9. The number of hydrogen-bond donors (Lipinski definition) is 2. The first-order valence-electron chi connectivity index (χ1n) is 6.97. The summed E-state index contributed by atoms with van der Waals surface area (Å²) >= 11 is 0. The van der Waals surface area contributed by atoms with E-state index in [-0.39, 0.29) is 11.4 Å². The van der Waals surface area contributed by atoms with Gasteiger partial charge in [0.05, 0.1) is 13.1 Å². The Morgan fingerprint density at radius 3 is 2.67 bits per heavy atom. The molecule has 0 aliphatic rings. The van der Waals surface area contributed by atoms with E-state index in [0.717, 1.165) is 10.7 Å². The van der Waals surface area contributed by atoms with Gasteiger partial charge in [-0.3, -0.25) is 9.59 Å². The smallest absolute Gasteiger partial charge is 0.277 e. The number of nitrogens with zero attached hydrogens (tertiary/aromatic N) is 2. The summed E-state index contributed by atoms with van der Waals surface area (Å²) < 4.78 is 41.1. The molecule has 1 amide bonds. The van der Waals surface area contributed by atoms with Crippen molar-refractivity contribution < 1.29 is 18.0 Å². The van der Waals surface area contributed by atoms with Crippen LogP contribution in [0.1, 0.15) is 16.2 Å². The number of carbonyl (C=O) groups excluding carboxylic acids is 1. The molecule has 3 N–H and O–H groups in total. The van der Waals surface area contributed by atoms with Crippen molar-refractivity contribution in [1.29, 1.82) is 0 Å². The summed E-state index contributed by atoms with van der Waals surface area (Å²) in [5, 5.41) is 5.71. The predicted octanol–water partition coefficient (Wildman–Crippen LogP) is 1.00. The summed E-state index contributed by atoms with van der Waals surface area (Å²) in [6.07, 6.45) is 0. The van der Waals surface area contributed by atoms with E-state index in [4.69, 9.17) is 5.73 Å². The molecule has 2 rings (SSSR count). The van der Waals surface area contributed by atoms with Crippen LogP contribution in [0.5, 0.6) is 0 Å². The number of benzene rings is 1. The highest BCUT2D eigenvalue weighted by atomic mass is 19.3. The van der Waals surface area contributed by atoms with E-state index in [2.05, 4.69) is 5.10 Å². The molecule has 0 aliphatic carbocycles. The van der Waals surface area contributed by atoms with E-state index >= 15 is 0 Å². The minimum absolute atomic E-state index is 0.0244. The van der Waals surface area contributed by atoms with E-state index in [1.165, 1.54) is 25.1 Å². The van der Waals surface area contributed by atoms with Crippen LogP contribution in [0, 0.1) is 12.7 Å². The Labute approximate surface area is 135 Å². The van der Waals surface area contributed by atoms with Gasteiger partial charge in [0.15, 0.2) is 5.69 Å². The highest BCUT2D eigenvalue weighted by Gasteiger charge is 2.28. The second-order valence-corrected chi connectivity index (χ2v) is 5.10. The lowest BCUT2D eigenvalue weighted by Gasteiger charge is -2.15. The van der Waals surface area contributed by atoms with Crippen molar-refractivity contribution in [2.45, 2.75) is 12.8 Å². The minimum Gasteiger partial charge on any atom is -0.344 e. The molecule has 9 heteroatoms. The summed E-state index contributed by atoms with van der Waals surface area (Å²) in [7, 11) is 0. The first-order chi connectivity index (χ1) is 11.2. The molecule has 0 spiro atoms. The zero-order valence-corrected chi connectivity index (χ0v) is 12.7. The number of nitrogens with two attached hydrogens (primary N) is 1. The molecule has 0 unspecified atom stereocenters. The summed E-state index contributed by atoms with van der Waals surface area (Å²) in [5.74, 6) is -5.00. The average molecular weight is 340 g/mol. The topological polar surface area (TPSA) is 90.0 Å².